The van der Waals surface area contributed by atoms with Gasteiger partial charge in [0.05, 0.1) is 0 Å². The smallest absolute Gasteiger partial charge is 0.152 e. The Kier molecular flexibility index (Phi) is 3.10. The maximum Gasteiger partial charge on any atom is 0.152 e. The summed E-state index contributed by atoms with van der Waals surface area (Å²) in [5.41, 5.74) is 1.28. The molecule has 0 aliphatic rings. The van der Waals surface area contributed by atoms with Gasteiger partial charge in [-0.05, 0) is 12.1 Å². The average Bonchev–Trinajstić information content (AvgIpc) is 2.30. The van der Waals surface area contributed by atoms with Gasteiger partial charge in [-0.2, -0.15) is 5.84 Å². The highest BCUT2D eigenvalue weighted by Crippen LogP contribution is 2.23. The van der Waals surface area contributed by atoms with Crippen molar-refractivity contribution in [2.24, 2.45) is 5.84 Å². The first-order valence-corrected chi connectivity index (χ1v) is 5.29. The van der Waals surface area contributed by atoms with Crippen LogP contribution in [0, 0.1) is 5.21 Å². The minimum Gasteiger partial charge on any atom is -0.606 e. The van der Waals surface area contributed by atoms with Gasteiger partial charge in [0.2, 0.25) is 0 Å². The Morgan fingerprint density at radius 1 is 1.00 bits per heavy atom. The lowest BCUT2D eigenvalue weighted by molar-refractivity contribution is 0.378. The van der Waals surface area contributed by atoms with Crippen LogP contribution in [0.1, 0.15) is 5.56 Å². The van der Waals surface area contributed by atoms with Crippen molar-refractivity contribution in [3.8, 4) is 5.75 Å². The predicted octanol–water partition coefficient (Wildman–Crippen LogP) is 2.27. The Bertz CT molecular complexity index is 481. The summed E-state index contributed by atoms with van der Waals surface area (Å²) in [5, 5.41) is 21.4. The van der Waals surface area contributed by atoms with Crippen molar-refractivity contribution < 1.29 is 5.11 Å². The molecule has 0 saturated heterocycles. The fourth-order valence-electron chi connectivity index (χ4n) is 1.65. The molecule has 2 aromatic rings. The van der Waals surface area contributed by atoms with E-state index in [0.717, 1.165) is 5.56 Å². The zero-order valence-corrected chi connectivity index (χ0v) is 9.28. The molecule has 0 heterocycles. The SMILES string of the molecule is N[N+]([O-])(Cc1ccccc1)c1ccc(O)cc1. The van der Waals surface area contributed by atoms with E-state index in [1.807, 2.05) is 30.3 Å². The maximum atomic E-state index is 12.2. The molecule has 0 aliphatic heterocycles. The number of quaternary nitrogens is 1. The lowest BCUT2D eigenvalue weighted by atomic mass is 10.2. The number of aromatic hydroxyl groups is 1. The molecule has 88 valence electrons. The summed E-state index contributed by atoms with van der Waals surface area (Å²) in [4.78, 5) is 0. The van der Waals surface area contributed by atoms with Gasteiger partial charge in [0.25, 0.3) is 0 Å². The van der Waals surface area contributed by atoms with Crippen LogP contribution in [0.15, 0.2) is 54.6 Å². The van der Waals surface area contributed by atoms with Crippen molar-refractivity contribution in [3.63, 3.8) is 0 Å². The molecular weight excluding hydrogens is 216 g/mol. The van der Waals surface area contributed by atoms with Gasteiger partial charge >= 0.3 is 0 Å². The molecule has 0 aromatic heterocycles. The van der Waals surface area contributed by atoms with E-state index in [2.05, 4.69) is 0 Å². The number of hydroxylamine groups is 1. The second-order valence-electron chi connectivity index (χ2n) is 3.96. The zero-order chi connectivity index (χ0) is 12.3. The highest BCUT2D eigenvalue weighted by Gasteiger charge is 2.16. The summed E-state index contributed by atoms with van der Waals surface area (Å²) in [5.74, 6) is 5.84. The van der Waals surface area contributed by atoms with Crippen LogP contribution in [-0.4, -0.2) is 5.11 Å². The predicted molar refractivity (Wildman–Crippen MR) is 67.6 cm³/mol. The van der Waals surface area contributed by atoms with Crippen LogP contribution in [0.5, 0.6) is 5.75 Å². The van der Waals surface area contributed by atoms with Crippen molar-refractivity contribution in [1.82, 2.24) is 4.76 Å². The number of rotatable bonds is 3. The minimum atomic E-state index is -0.982. The van der Waals surface area contributed by atoms with Crippen molar-refractivity contribution >= 4 is 5.69 Å². The third-order valence-electron chi connectivity index (χ3n) is 2.55. The number of phenolic OH excluding ortho intramolecular Hbond substituents is 1. The van der Waals surface area contributed by atoms with Crippen molar-refractivity contribution in [2.45, 2.75) is 6.54 Å². The molecule has 1 unspecified atom stereocenters. The van der Waals surface area contributed by atoms with Crippen LogP contribution in [0.2, 0.25) is 0 Å². The van der Waals surface area contributed by atoms with Crippen LogP contribution in [0.25, 0.3) is 0 Å². The van der Waals surface area contributed by atoms with E-state index < -0.39 is 4.76 Å². The van der Waals surface area contributed by atoms with Crippen LogP contribution in [-0.2, 0) is 6.54 Å². The van der Waals surface area contributed by atoms with Gasteiger partial charge in [-0.25, -0.2) is 4.76 Å². The van der Waals surface area contributed by atoms with Gasteiger partial charge in [-0.15, -0.1) is 0 Å². The third kappa shape index (κ3) is 2.82. The fraction of sp³-hybridized carbons (Fsp3) is 0.0769. The average molecular weight is 230 g/mol. The number of nitrogens with two attached hydrogens (primary N) is 1. The number of benzene rings is 2. The van der Waals surface area contributed by atoms with Crippen LogP contribution < -0.4 is 10.6 Å². The Balaban J connectivity index is 2.21. The lowest BCUT2D eigenvalue weighted by Crippen LogP contribution is -2.49. The van der Waals surface area contributed by atoms with Crippen LogP contribution >= 0.6 is 0 Å². The molecule has 0 bridgehead atoms. The fourth-order valence-corrected chi connectivity index (χ4v) is 1.65. The van der Waals surface area contributed by atoms with Gasteiger partial charge < -0.3 is 10.3 Å². The van der Waals surface area contributed by atoms with Gasteiger partial charge in [-0.1, -0.05) is 30.3 Å². The Labute approximate surface area is 99.7 Å². The van der Waals surface area contributed by atoms with Crippen molar-refractivity contribution in [3.05, 3.63) is 65.4 Å². The normalized spacial score (nSPS) is 14.2. The first-order chi connectivity index (χ1) is 8.08. The van der Waals surface area contributed by atoms with E-state index in [9.17, 15) is 5.21 Å². The number of hydrogen-bond donors (Lipinski definition) is 2. The summed E-state index contributed by atoms with van der Waals surface area (Å²) in [6, 6.07) is 15.3. The van der Waals surface area contributed by atoms with Crippen LogP contribution in [0.4, 0.5) is 5.69 Å². The zero-order valence-electron chi connectivity index (χ0n) is 9.28. The van der Waals surface area contributed by atoms with E-state index in [4.69, 9.17) is 10.9 Å². The molecule has 0 radical (unpaired) electrons. The van der Waals surface area contributed by atoms with Gasteiger partial charge in [0, 0.05) is 17.7 Å². The standard InChI is InChI=1S/C13H14N2O2/c14-15(17,10-11-4-2-1-3-5-11)12-6-8-13(16)9-7-12/h1-9,16H,10,14H2. The molecule has 3 N–H and O–H groups in total. The molecule has 2 rings (SSSR count). The summed E-state index contributed by atoms with van der Waals surface area (Å²) >= 11 is 0. The first kappa shape index (κ1) is 11.6. The van der Waals surface area contributed by atoms with Crippen molar-refractivity contribution in [1.29, 1.82) is 0 Å². The molecule has 4 nitrogen and oxygen atoms in total. The number of phenols is 1. The van der Waals surface area contributed by atoms with Gasteiger partial charge in [0.1, 0.15) is 12.3 Å². The number of hydrogen-bond acceptors (Lipinski definition) is 3. The highest BCUT2D eigenvalue weighted by atomic mass is 16.6. The quantitative estimate of drug-likeness (QED) is 0.483. The monoisotopic (exact) mass is 230 g/mol. The number of nitrogens with zero attached hydrogens (tertiary/aromatic N) is 1. The first-order valence-electron chi connectivity index (χ1n) is 5.29. The minimum absolute atomic E-state index is 0.119. The van der Waals surface area contributed by atoms with E-state index in [1.54, 1.807) is 0 Å². The molecule has 2 aromatic carbocycles. The summed E-state index contributed by atoms with van der Waals surface area (Å²) in [7, 11) is 0. The Morgan fingerprint density at radius 2 is 1.59 bits per heavy atom. The van der Waals surface area contributed by atoms with Gasteiger partial charge in [0.15, 0.2) is 5.69 Å². The molecule has 0 spiro atoms. The molecule has 0 amide bonds. The Morgan fingerprint density at radius 3 is 2.18 bits per heavy atom. The van der Waals surface area contributed by atoms with Gasteiger partial charge in [-0.3, -0.25) is 0 Å². The second-order valence-corrected chi connectivity index (χ2v) is 3.96. The third-order valence-corrected chi connectivity index (χ3v) is 2.55. The largest absolute Gasteiger partial charge is 0.606 e. The maximum absolute atomic E-state index is 12.2. The summed E-state index contributed by atoms with van der Waals surface area (Å²) in [6.45, 7) is 0.158. The molecule has 4 heteroatoms. The molecule has 0 aliphatic carbocycles. The van der Waals surface area contributed by atoms with Crippen LogP contribution in [0.3, 0.4) is 0 Å². The molecule has 1 atom stereocenters. The van der Waals surface area contributed by atoms with E-state index in [1.165, 1.54) is 24.3 Å². The molecule has 0 saturated carbocycles. The van der Waals surface area contributed by atoms with E-state index >= 15 is 0 Å². The Hall–Kier alpha value is -1.88. The topological polar surface area (TPSA) is 69.3 Å². The van der Waals surface area contributed by atoms with E-state index in [0.29, 0.717) is 5.69 Å². The summed E-state index contributed by atoms with van der Waals surface area (Å²) in [6.07, 6.45) is 0. The van der Waals surface area contributed by atoms with E-state index in [-0.39, 0.29) is 12.3 Å². The summed E-state index contributed by atoms with van der Waals surface area (Å²) < 4.78 is -0.982. The second kappa shape index (κ2) is 4.55. The molecule has 0 fully saturated rings. The van der Waals surface area contributed by atoms with Crippen molar-refractivity contribution in [2.75, 3.05) is 0 Å². The molecule has 17 heavy (non-hydrogen) atoms. The molecular formula is C13H14N2O2. The highest BCUT2D eigenvalue weighted by molar-refractivity contribution is 5.45. The lowest BCUT2D eigenvalue weighted by Gasteiger charge is -2.35.